The van der Waals surface area contributed by atoms with Crippen LogP contribution in [0.3, 0.4) is 0 Å². The molecule has 0 unspecified atom stereocenters. The quantitative estimate of drug-likeness (QED) is 0.463. The van der Waals surface area contributed by atoms with Gasteiger partial charge in [-0.1, -0.05) is 31.2 Å². The molecule has 2 aromatic carbocycles. The summed E-state index contributed by atoms with van der Waals surface area (Å²) in [7, 11) is -0.272. The number of rotatable bonds is 7. The molecule has 0 radical (unpaired) electrons. The summed E-state index contributed by atoms with van der Waals surface area (Å²) in [6.45, 7) is 5.56. The van der Waals surface area contributed by atoms with E-state index in [2.05, 4.69) is 17.1 Å². The van der Waals surface area contributed by atoms with Crippen molar-refractivity contribution < 1.29 is 18.0 Å². The Balaban J connectivity index is 1.35. The van der Waals surface area contributed by atoms with E-state index in [1.165, 1.54) is 50.4 Å². The topological polar surface area (TPSA) is 90.0 Å². The van der Waals surface area contributed by atoms with Gasteiger partial charge in [-0.25, -0.2) is 8.42 Å². The van der Waals surface area contributed by atoms with Crippen LogP contribution in [0.2, 0.25) is 0 Å². The summed E-state index contributed by atoms with van der Waals surface area (Å²) in [5.74, 6) is -0.501. The molecule has 8 nitrogen and oxygen atoms in total. The molecule has 1 N–H and O–H groups in total. The summed E-state index contributed by atoms with van der Waals surface area (Å²) in [5.41, 5.74) is 4.11. The number of benzene rings is 2. The summed E-state index contributed by atoms with van der Waals surface area (Å²) in [4.78, 5) is 31.5. The average Bonchev–Trinajstić information content (AvgIpc) is 3.29. The Morgan fingerprint density at radius 1 is 0.974 bits per heavy atom. The molecule has 3 aromatic rings. The van der Waals surface area contributed by atoms with Crippen molar-refractivity contribution in [2.75, 3.05) is 39.0 Å². The third kappa shape index (κ3) is 5.51. The van der Waals surface area contributed by atoms with Gasteiger partial charge >= 0.3 is 0 Å². The molecule has 2 amide bonds. The minimum absolute atomic E-state index is 0.128. The molecule has 0 spiro atoms. The normalized spacial score (nSPS) is 15.9. The van der Waals surface area contributed by atoms with Gasteiger partial charge in [0.25, 0.3) is 11.8 Å². The average molecular weight is 567 g/mol. The largest absolute Gasteiger partial charge is 0.345 e. The maximum atomic E-state index is 13.3. The number of hydrogen-bond acceptors (Lipinski definition) is 6. The smallest absolute Gasteiger partial charge is 0.256 e. The fraction of sp³-hybridized carbons (Fsp3) is 0.379. The fourth-order valence-corrected chi connectivity index (χ4v) is 7.98. The summed E-state index contributed by atoms with van der Waals surface area (Å²) in [5, 5.41) is 3.50. The molecule has 0 saturated heterocycles. The standard InChI is InChI=1S/C29H34N4O4S2/c1-4-15-32-16-14-24-25(19-32)38-28(26(24)29(35)31(2)3)30-27(34)21-9-11-23(12-10-21)39(36,37)33-17-13-20-7-5-6-8-22(20)18-33/h5-12H,4,13-19H2,1-3H3,(H,30,34). The van der Waals surface area contributed by atoms with E-state index in [-0.39, 0.29) is 16.7 Å². The van der Waals surface area contributed by atoms with Gasteiger partial charge in [-0.2, -0.15) is 4.31 Å². The van der Waals surface area contributed by atoms with E-state index in [1.54, 1.807) is 14.1 Å². The lowest BCUT2D eigenvalue weighted by Gasteiger charge is -2.28. The third-order valence-corrected chi connectivity index (χ3v) is 10.4. The summed E-state index contributed by atoms with van der Waals surface area (Å²) in [6, 6.07) is 13.9. The fourth-order valence-electron chi connectivity index (χ4n) is 5.28. The van der Waals surface area contributed by atoms with Gasteiger partial charge in [0.2, 0.25) is 10.0 Å². The number of carbonyl (C=O) groups excluding carboxylic acids is 2. The van der Waals surface area contributed by atoms with Crippen LogP contribution in [0, 0.1) is 0 Å². The monoisotopic (exact) mass is 566 g/mol. The summed E-state index contributed by atoms with van der Waals surface area (Å²) in [6.07, 6.45) is 2.50. The lowest BCUT2D eigenvalue weighted by atomic mass is 10.0. The molecule has 0 saturated carbocycles. The second-order valence-electron chi connectivity index (χ2n) is 10.3. The highest BCUT2D eigenvalue weighted by molar-refractivity contribution is 7.89. The Labute approximate surface area is 234 Å². The van der Waals surface area contributed by atoms with Crippen LogP contribution in [0.1, 0.15) is 55.6 Å². The van der Waals surface area contributed by atoms with E-state index in [4.69, 9.17) is 0 Å². The van der Waals surface area contributed by atoms with Crippen LogP contribution < -0.4 is 5.32 Å². The number of nitrogens with one attached hydrogen (secondary N) is 1. The Morgan fingerprint density at radius 3 is 2.38 bits per heavy atom. The molecule has 0 bridgehead atoms. The molecule has 1 aromatic heterocycles. The molecule has 39 heavy (non-hydrogen) atoms. The predicted molar refractivity (Wildman–Crippen MR) is 154 cm³/mol. The molecule has 10 heteroatoms. The van der Waals surface area contributed by atoms with Crippen molar-refractivity contribution in [3.05, 3.63) is 81.2 Å². The SMILES string of the molecule is CCCN1CCc2c(sc(NC(=O)c3ccc(S(=O)(=O)N4CCc5ccccc5C4)cc3)c2C(=O)N(C)C)C1. The Bertz CT molecular complexity index is 1500. The molecule has 2 aliphatic rings. The van der Waals surface area contributed by atoms with Gasteiger partial charge < -0.3 is 10.2 Å². The zero-order chi connectivity index (χ0) is 27.7. The molecular formula is C29H34N4O4S2. The Kier molecular flexibility index (Phi) is 7.91. The van der Waals surface area contributed by atoms with Crippen molar-refractivity contribution in [2.45, 2.75) is 44.2 Å². The van der Waals surface area contributed by atoms with E-state index in [1.807, 2.05) is 24.3 Å². The minimum atomic E-state index is -3.70. The summed E-state index contributed by atoms with van der Waals surface area (Å²) >= 11 is 1.46. The van der Waals surface area contributed by atoms with Crippen LogP contribution in [0.15, 0.2) is 53.4 Å². The van der Waals surface area contributed by atoms with Crippen LogP contribution >= 0.6 is 11.3 Å². The highest BCUT2D eigenvalue weighted by atomic mass is 32.2. The van der Waals surface area contributed by atoms with Crippen molar-refractivity contribution in [3.63, 3.8) is 0 Å². The lowest BCUT2D eigenvalue weighted by molar-refractivity contribution is 0.0827. The molecule has 0 atom stereocenters. The first kappa shape index (κ1) is 27.5. The first-order valence-electron chi connectivity index (χ1n) is 13.3. The van der Waals surface area contributed by atoms with E-state index >= 15 is 0 Å². The predicted octanol–water partition coefficient (Wildman–Crippen LogP) is 4.22. The second kappa shape index (κ2) is 11.2. The van der Waals surface area contributed by atoms with Crippen LogP contribution in [0.4, 0.5) is 5.00 Å². The van der Waals surface area contributed by atoms with Gasteiger partial charge in [0, 0.05) is 50.7 Å². The van der Waals surface area contributed by atoms with Crippen molar-refractivity contribution in [2.24, 2.45) is 0 Å². The highest BCUT2D eigenvalue weighted by Crippen LogP contribution is 2.38. The van der Waals surface area contributed by atoms with Gasteiger partial charge in [0.15, 0.2) is 0 Å². The van der Waals surface area contributed by atoms with Gasteiger partial charge in [-0.15, -0.1) is 11.3 Å². The number of amides is 2. The van der Waals surface area contributed by atoms with E-state index in [0.29, 0.717) is 35.6 Å². The molecule has 206 valence electrons. The van der Waals surface area contributed by atoms with Crippen LogP contribution in [-0.2, 0) is 36.0 Å². The molecule has 0 aliphatic carbocycles. The van der Waals surface area contributed by atoms with Crippen LogP contribution in [0.5, 0.6) is 0 Å². The molecule has 3 heterocycles. The van der Waals surface area contributed by atoms with Crippen LogP contribution in [-0.4, -0.2) is 68.1 Å². The zero-order valence-corrected chi connectivity index (χ0v) is 24.2. The maximum absolute atomic E-state index is 13.3. The van der Waals surface area contributed by atoms with E-state index in [9.17, 15) is 18.0 Å². The van der Waals surface area contributed by atoms with Crippen molar-refractivity contribution in [3.8, 4) is 0 Å². The first-order chi connectivity index (χ1) is 18.7. The number of sulfonamides is 1. The number of thiophene rings is 1. The second-order valence-corrected chi connectivity index (χ2v) is 13.3. The maximum Gasteiger partial charge on any atom is 0.256 e. The van der Waals surface area contributed by atoms with Crippen molar-refractivity contribution >= 4 is 38.2 Å². The van der Waals surface area contributed by atoms with Gasteiger partial charge in [-0.05, 0) is 66.8 Å². The Morgan fingerprint density at radius 2 is 1.69 bits per heavy atom. The molecular weight excluding hydrogens is 532 g/mol. The zero-order valence-electron chi connectivity index (χ0n) is 22.6. The van der Waals surface area contributed by atoms with Gasteiger partial charge in [0.1, 0.15) is 5.00 Å². The first-order valence-corrected chi connectivity index (χ1v) is 15.5. The summed E-state index contributed by atoms with van der Waals surface area (Å²) < 4.78 is 28.1. The van der Waals surface area contributed by atoms with Crippen molar-refractivity contribution in [1.29, 1.82) is 0 Å². The van der Waals surface area contributed by atoms with E-state index < -0.39 is 10.0 Å². The van der Waals surface area contributed by atoms with Crippen molar-refractivity contribution in [1.82, 2.24) is 14.1 Å². The number of fused-ring (bicyclic) bond motifs is 2. The number of hydrogen-bond donors (Lipinski definition) is 1. The lowest BCUT2D eigenvalue weighted by Crippen LogP contribution is -2.35. The minimum Gasteiger partial charge on any atom is -0.345 e. The highest BCUT2D eigenvalue weighted by Gasteiger charge is 2.30. The van der Waals surface area contributed by atoms with Crippen LogP contribution in [0.25, 0.3) is 0 Å². The molecule has 0 fully saturated rings. The molecule has 5 rings (SSSR count). The number of anilines is 1. The number of carbonyl (C=O) groups is 2. The Hall–Kier alpha value is -3.05. The van der Waals surface area contributed by atoms with E-state index in [0.717, 1.165) is 48.5 Å². The molecule has 2 aliphatic heterocycles. The van der Waals surface area contributed by atoms with Gasteiger partial charge in [0.05, 0.1) is 10.5 Å². The van der Waals surface area contributed by atoms with Gasteiger partial charge in [-0.3, -0.25) is 14.5 Å². The number of nitrogens with zero attached hydrogens (tertiary/aromatic N) is 3. The third-order valence-electron chi connectivity index (χ3n) is 7.37.